The Kier molecular flexibility index (Phi) is 3.61. The average molecular weight is 242 g/mol. The van der Waals surface area contributed by atoms with Gasteiger partial charge in [-0.05, 0) is 51.2 Å². The van der Waals surface area contributed by atoms with E-state index in [4.69, 9.17) is 5.26 Å². The molecule has 1 unspecified atom stereocenters. The number of rotatable bonds is 2. The van der Waals surface area contributed by atoms with Crippen LogP contribution in [-0.4, -0.2) is 12.1 Å². The van der Waals surface area contributed by atoms with Crippen LogP contribution in [0.4, 0.5) is 5.69 Å². The lowest BCUT2D eigenvalue weighted by Gasteiger charge is -2.47. The zero-order chi connectivity index (χ0) is 13.2. The number of benzene rings is 1. The number of piperidine rings is 1. The molecule has 1 fully saturated rings. The van der Waals surface area contributed by atoms with Crippen LogP contribution in [0.3, 0.4) is 0 Å². The first-order chi connectivity index (χ1) is 8.54. The molecule has 2 rings (SSSR count). The maximum absolute atomic E-state index is 8.85. The van der Waals surface area contributed by atoms with E-state index in [1.165, 1.54) is 11.3 Å². The van der Waals surface area contributed by atoms with E-state index in [0.29, 0.717) is 12.3 Å². The summed E-state index contributed by atoms with van der Waals surface area (Å²) in [6, 6.07) is 10.9. The van der Waals surface area contributed by atoms with E-state index < -0.39 is 0 Å². The summed E-state index contributed by atoms with van der Waals surface area (Å²) in [5.74, 6) is 0.560. The Labute approximate surface area is 110 Å². The molecule has 0 aliphatic carbocycles. The van der Waals surface area contributed by atoms with Crippen molar-refractivity contribution < 1.29 is 0 Å². The third-order valence-corrected chi connectivity index (χ3v) is 4.07. The summed E-state index contributed by atoms with van der Waals surface area (Å²) in [5, 5.41) is 8.85. The van der Waals surface area contributed by atoms with Crippen LogP contribution in [0.15, 0.2) is 24.3 Å². The van der Waals surface area contributed by atoms with E-state index in [9.17, 15) is 0 Å². The van der Waals surface area contributed by atoms with Gasteiger partial charge in [0.2, 0.25) is 0 Å². The largest absolute Gasteiger partial charge is 0.366 e. The van der Waals surface area contributed by atoms with Gasteiger partial charge in [-0.25, -0.2) is 0 Å². The van der Waals surface area contributed by atoms with Crippen molar-refractivity contribution in [3.8, 4) is 6.07 Å². The van der Waals surface area contributed by atoms with E-state index >= 15 is 0 Å². The Balaban J connectivity index is 2.21. The molecule has 2 heteroatoms. The molecule has 0 amide bonds. The van der Waals surface area contributed by atoms with Gasteiger partial charge < -0.3 is 4.90 Å². The lowest BCUT2D eigenvalue weighted by atomic mass is 9.80. The van der Waals surface area contributed by atoms with Crippen LogP contribution in [0.2, 0.25) is 0 Å². The lowest BCUT2D eigenvalue weighted by Crippen LogP contribution is -2.50. The van der Waals surface area contributed by atoms with Gasteiger partial charge in [0.15, 0.2) is 0 Å². The Morgan fingerprint density at radius 3 is 2.72 bits per heavy atom. The first kappa shape index (κ1) is 13.0. The molecule has 0 aromatic heterocycles. The summed E-state index contributed by atoms with van der Waals surface area (Å²) in [4.78, 5) is 2.51. The highest BCUT2D eigenvalue weighted by atomic mass is 15.2. The highest BCUT2D eigenvalue weighted by Crippen LogP contribution is 2.37. The SMILES string of the molecule is Cc1ccccc1N1CCC(CC#N)CC1(C)C. The Morgan fingerprint density at radius 2 is 2.11 bits per heavy atom. The van der Waals surface area contributed by atoms with Crippen molar-refractivity contribution in [1.82, 2.24) is 0 Å². The van der Waals surface area contributed by atoms with Crippen molar-refractivity contribution >= 4 is 5.69 Å². The summed E-state index contributed by atoms with van der Waals surface area (Å²) in [5.41, 5.74) is 2.83. The lowest BCUT2D eigenvalue weighted by molar-refractivity contribution is 0.276. The van der Waals surface area contributed by atoms with Crippen LogP contribution < -0.4 is 4.90 Å². The second-order valence-electron chi connectivity index (χ2n) is 5.97. The first-order valence-electron chi connectivity index (χ1n) is 6.75. The molecule has 1 saturated heterocycles. The normalized spacial score (nSPS) is 22.6. The summed E-state index contributed by atoms with van der Waals surface area (Å²) in [6.07, 6.45) is 2.94. The van der Waals surface area contributed by atoms with Gasteiger partial charge in [0.05, 0.1) is 6.07 Å². The summed E-state index contributed by atoms with van der Waals surface area (Å²) >= 11 is 0. The molecule has 0 radical (unpaired) electrons. The number of nitrogens with zero attached hydrogens (tertiary/aromatic N) is 2. The number of para-hydroxylation sites is 1. The van der Waals surface area contributed by atoms with Crippen LogP contribution in [0, 0.1) is 24.2 Å². The molecule has 0 N–H and O–H groups in total. The standard InChI is InChI=1S/C16H22N2/c1-13-6-4-5-7-15(13)18-11-9-14(8-10-17)12-16(18,2)3/h4-7,14H,8-9,11-12H2,1-3H3. The first-order valence-corrected chi connectivity index (χ1v) is 6.75. The van der Waals surface area contributed by atoms with Crippen molar-refractivity contribution in [2.24, 2.45) is 5.92 Å². The van der Waals surface area contributed by atoms with Crippen LogP contribution in [0.25, 0.3) is 0 Å². The van der Waals surface area contributed by atoms with Crippen molar-refractivity contribution in [1.29, 1.82) is 5.26 Å². The van der Waals surface area contributed by atoms with Gasteiger partial charge in [0.1, 0.15) is 0 Å². The van der Waals surface area contributed by atoms with Gasteiger partial charge in [0.25, 0.3) is 0 Å². The maximum Gasteiger partial charge on any atom is 0.0624 e. The van der Waals surface area contributed by atoms with E-state index in [0.717, 1.165) is 19.4 Å². The minimum absolute atomic E-state index is 0.145. The number of hydrogen-bond acceptors (Lipinski definition) is 2. The van der Waals surface area contributed by atoms with Crippen LogP contribution in [-0.2, 0) is 0 Å². The average Bonchev–Trinajstić information content (AvgIpc) is 2.30. The molecule has 1 aliphatic heterocycles. The van der Waals surface area contributed by atoms with E-state index in [1.807, 2.05) is 0 Å². The van der Waals surface area contributed by atoms with Crippen LogP contribution in [0.5, 0.6) is 0 Å². The summed E-state index contributed by atoms with van der Waals surface area (Å²) < 4.78 is 0. The van der Waals surface area contributed by atoms with Crippen LogP contribution >= 0.6 is 0 Å². The van der Waals surface area contributed by atoms with Gasteiger partial charge in [-0.2, -0.15) is 5.26 Å². The number of anilines is 1. The molecular weight excluding hydrogens is 220 g/mol. The minimum Gasteiger partial charge on any atom is -0.366 e. The molecule has 1 aromatic rings. The number of aryl methyl sites for hydroxylation is 1. The highest BCUT2D eigenvalue weighted by molar-refractivity contribution is 5.55. The molecule has 0 spiro atoms. The van der Waals surface area contributed by atoms with E-state index in [-0.39, 0.29) is 5.54 Å². The smallest absolute Gasteiger partial charge is 0.0624 e. The van der Waals surface area contributed by atoms with Crippen LogP contribution in [0.1, 0.15) is 38.7 Å². The highest BCUT2D eigenvalue weighted by Gasteiger charge is 2.35. The molecule has 1 aromatic carbocycles. The van der Waals surface area contributed by atoms with E-state index in [2.05, 4.69) is 56.0 Å². The fourth-order valence-electron chi connectivity index (χ4n) is 3.15. The minimum atomic E-state index is 0.145. The topological polar surface area (TPSA) is 27.0 Å². The molecule has 2 nitrogen and oxygen atoms in total. The molecule has 0 bridgehead atoms. The third-order valence-electron chi connectivity index (χ3n) is 4.07. The Hall–Kier alpha value is -1.49. The van der Waals surface area contributed by atoms with Gasteiger partial charge in [-0.3, -0.25) is 0 Å². The van der Waals surface area contributed by atoms with Crippen molar-refractivity contribution in [3.05, 3.63) is 29.8 Å². The van der Waals surface area contributed by atoms with Crippen molar-refractivity contribution in [2.45, 2.75) is 45.6 Å². The Morgan fingerprint density at radius 1 is 1.39 bits per heavy atom. The third kappa shape index (κ3) is 2.51. The molecule has 1 aliphatic rings. The molecule has 0 saturated carbocycles. The van der Waals surface area contributed by atoms with Crippen molar-refractivity contribution in [3.63, 3.8) is 0 Å². The van der Waals surface area contributed by atoms with Crippen molar-refractivity contribution in [2.75, 3.05) is 11.4 Å². The molecule has 18 heavy (non-hydrogen) atoms. The molecule has 1 atom stereocenters. The number of nitriles is 1. The quantitative estimate of drug-likeness (QED) is 0.786. The predicted molar refractivity (Wildman–Crippen MR) is 75.6 cm³/mol. The maximum atomic E-state index is 8.85. The zero-order valence-corrected chi connectivity index (χ0v) is 11.6. The summed E-state index contributed by atoms with van der Waals surface area (Å²) in [6.45, 7) is 7.82. The fourth-order valence-corrected chi connectivity index (χ4v) is 3.15. The molecule has 96 valence electrons. The van der Waals surface area contributed by atoms with E-state index in [1.54, 1.807) is 0 Å². The molecule has 1 heterocycles. The van der Waals surface area contributed by atoms with Gasteiger partial charge in [-0.15, -0.1) is 0 Å². The van der Waals surface area contributed by atoms with Gasteiger partial charge >= 0.3 is 0 Å². The summed E-state index contributed by atoms with van der Waals surface area (Å²) in [7, 11) is 0. The fraction of sp³-hybridized carbons (Fsp3) is 0.562. The van der Waals surface area contributed by atoms with Gasteiger partial charge in [0, 0.05) is 24.2 Å². The second-order valence-corrected chi connectivity index (χ2v) is 5.97. The molecular formula is C16H22N2. The zero-order valence-electron chi connectivity index (χ0n) is 11.6. The second kappa shape index (κ2) is 5.02. The van der Waals surface area contributed by atoms with Gasteiger partial charge in [-0.1, -0.05) is 18.2 Å². The monoisotopic (exact) mass is 242 g/mol. The Bertz CT molecular complexity index is 456. The number of hydrogen-bond donors (Lipinski definition) is 0. The predicted octanol–water partition coefficient (Wildman–Crippen LogP) is 3.90.